The van der Waals surface area contributed by atoms with Crippen molar-refractivity contribution in [3.05, 3.63) is 102 Å². The minimum absolute atomic E-state index is 0.0453. The van der Waals surface area contributed by atoms with Crippen LogP contribution in [0.5, 0.6) is 0 Å². The summed E-state index contributed by atoms with van der Waals surface area (Å²) in [6.45, 7) is 23.7. The third-order valence-electron chi connectivity index (χ3n) is 10.2. The number of fused-ring (bicyclic) bond motifs is 1. The molecule has 5 atom stereocenters. The molecule has 0 aromatic rings. The number of aliphatic hydroxyl groups excluding tert-OH is 1. The average molecular weight is 660 g/mol. The molecule has 0 aromatic carbocycles. The lowest BCUT2D eigenvalue weighted by atomic mass is 9.61. The third kappa shape index (κ3) is 9.77. The standard InChI is InChI=1S/C42H59O6/c1-29(18-14-19-31(3)22-23-37-38(6,7)26-35(47-33(5)43)27-40(37,10)46)16-12-13-17-30(2)20-15-21-32(4)36(45)28-42-39(8,9)24-34(44)25-41(42,11)48-42/h12-21,23,34-35,44,46H,11,22,24-28H2,1-10H3/q-1/b13-12+,18-14+,20-15+,29-16+,30-17+,31-19+,32-21+,37-23?/t34-,35-,40+,41+,42-/m0/s1. The second-order valence-electron chi connectivity index (χ2n) is 15.9. The molecule has 0 unspecified atom stereocenters. The van der Waals surface area contributed by atoms with E-state index in [4.69, 9.17) is 9.47 Å². The maximum atomic E-state index is 13.1. The molecule has 6 heteroatoms. The van der Waals surface area contributed by atoms with E-state index in [1.54, 1.807) is 0 Å². The van der Waals surface area contributed by atoms with Gasteiger partial charge in [-0.05, 0) is 87.9 Å². The molecule has 6 nitrogen and oxygen atoms in total. The molecule has 1 aliphatic heterocycles. The van der Waals surface area contributed by atoms with Gasteiger partial charge in [-0.25, -0.2) is 0 Å². The molecule has 1 saturated heterocycles. The van der Waals surface area contributed by atoms with Gasteiger partial charge in [0, 0.05) is 19.8 Å². The van der Waals surface area contributed by atoms with E-state index in [1.165, 1.54) is 12.5 Å². The Labute approximate surface area is 289 Å². The lowest BCUT2D eigenvalue weighted by Gasteiger charge is -2.46. The van der Waals surface area contributed by atoms with Crippen LogP contribution in [0.1, 0.15) is 108 Å². The summed E-state index contributed by atoms with van der Waals surface area (Å²) >= 11 is 0. The minimum Gasteiger partial charge on any atom is -0.462 e. The molecule has 2 saturated carbocycles. The van der Waals surface area contributed by atoms with Gasteiger partial charge in [0.25, 0.3) is 0 Å². The zero-order valence-electron chi connectivity index (χ0n) is 31.0. The zero-order valence-corrected chi connectivity index (χ0v) is 31.0. The molecule has 0 spiro atoms. The predicted octanol–water partition coefficient (Wildman–Crippen LogP) is 8.74. The fraction of sp³-hybridized carbons (Fsp3) is 0.548. The smallest absolute Gasteiger partial charge is 0.302 e. The summed E-state index contributed by atoms with van der Waals surface area (Å²) < 4.78 is 11.5. The number of esters is 1. The Bertz CT molecular complexity index is 1450. The highest BCUT2D eigenvalue weighted by Crippen LogP contribution is 2.66. The van der Waals surface area contributed by atoms with Gasteiger partial charge in [0.2, 0.25) is 0 Å². The van der Waals surface area contributed by atoms with Gasteiger partial charge >= 0.3 is 5.97 Å². The number of epoxide rings is 1. The first-order valence-corrected chi connectivity index (χ1v) is 17.2. The Morgan fingerprint density at radius 2 is 1.44 bits per heavy atom. The molecule has 0 bridgehead atoms. The Morgan fingerprint density at radius 3 is 1.98 bits per heavy atom. The summed E-state index contributed by atoms with van der Waals surface area (Å²) in [4.78, 5) is 24.5. The monoisotopic (exact) mass is 659 g/mol. The molecular formula is C42H59O6-. The number of ether oxygens (including phenoxy) is 2. The molecule has 3 aliphatic rings. The number of allylic oxidation sites excluding steroid dienone is 15. The van der Waals surface area contributed by atoms with E-state index in [0.29, 0.717) is 31.3 Å². The molecular weight excluding hydrogens is 600 g/mol. The molecule has 48 heavy (non-hydrogen) atoms. The summed E-state index contributed by atoms with van der Waals surface area (Å²) in [6, 6.07) is 0. The first-order valence-electron chi connectivity index (χ1n) is 17.2. The van der Waals surface area contributed by atoms with Crippen LogP contribution in [-0.2, 0) is 19.1 Å². The minimum atomic E-state index is -1.02. The van der Waals surface area contributed by atoms with E-state index < -0.39 is 22.9 Å². The third-order valence-corrected chi connectivity index (χ3v) is 10.2. The van der Waals surface area contributed by atoms with Crippen molar-refractivity contribution in [2.24, 2.45) is 10.8 Å². The van der Waals surface area contributed by atoms with Crippen LogP contribution in [0.3, 0.4) is 0 Å². The van der Waals surface area contributed by atoms with E-state index in [9.17, 15) is 19.8 Å². The van der Waals surface area contributed by atoms with Crippen molar-refractivity contribution in [3.63, 3.8) is 0 Å². The lowest BCUT2D eigenvalue weighted by molar-refractivity contribution is -0.152. The molecule has 264 valence electrons. The molecule has 0 radical (unpaired) electrons. The normalized spacial score (nSPS) is 33.5. The fourth-order valence-corrected chi connectivity index (χ4v) is 7.78. The molecule has 2 N–H and O–H groups in total. The second-order valence-corrected chi connectivity index (χ2v) is 15.9. The predicted molar refractivity (Wildman–Crippen MR) is 195 cm³/mol. The molecule has 0 aromatic heterocycles. The van der Waals surface area contributed by atoms with Crippen molar-refractivity contribution >= 4 is 11.8 Å². The summed E-state index contributed by atoms with van der Waals surface area (Å²) in [5.74, 6) is -0.264. The SMILES string of the molecule is [CH2-][C@@]12C[C@@H](O)CC(C)(C)[C@]1(CC(=O)/C(C)=C/C=C/C(C)=C/C=C/C=C(C)/C=C/C=C(\C)CC=C1C(C)(C)C[C@H](OC(C)=O)C[C@@]1(C)O)O2. The number of ketones is 1. The van der Waals surface area contributed by atoms with Crippen LogP contribution in [-0.4, -0.2) is 51.0 Å². The molecule has 2 aliphatic carbocycles. The lowest BCUT2D eigenvalue weighted by Crippen LogP contribution is -2.48. The van der Waals surface area contributed by atoms with E-state index in [1.807, 2.05) is 69.4 Å². The Balaban J connectivity index is 1.50. The fourth-order valence-electron chi connectivity index (χ4n) is 7.78. The summed E-state index contributed by atoms with van der Waals surface area (Å²) in [5.41, 5.74) is 2.11. The molecule has 1 heterocycles. The summed E-state index contributed by atoms with van der Waals surface area (Å²) in [7, 11) is 0. The van der Waals surface area contributed by atoms with Gasteiger partial charge in [-0.1, -0.05) is 111 Å². The molecule has 3 fully saturated rings. The average Bonchev–Trinajstić information content (AvgIpc) is 3.53. The van der Waals surface area contributed by atoms with Crippen LogP contribution < -0.4 is 0 Å². The van der Waals surface area contributed by atoms with Crippen molar-refractivity contribution in [2.75, 3.05) is 0 Å². The quantitative estimate of drug-likeness (QED) is 0.0543. The Kier molecular flexibility index (Phi) is 12.5. The van der Waals surface area contributed by atoms with Crippen LogP contribution in [0.15, 0.2) is 94.7 Å². The summed E-state index contributed by atoms with van der Waals surface area (Å²) in [5, 5.41) is 21.4. The first-order chi connectivity index (χ1) is 22.1. The number of carbonyl (C=O) groups is 2. The van der Waals surface area contributed by atoms with Crippen molar-refractivity contribution in [3.8, 4) is 0 Å². The number of aliphatic hydroxyl groups is 2. The van der Waals surface area contributed by atoms with Gasteiger partial charge in [-0.2, -0.15) is 0 Å². The van der Waals surface area contributed by atoms with E-state index >= 15 is 0 Å². The van der Waals surface area contributed by atoms with Gasteiger partial charge < -0.3 is 26.6 Å². The number of Topliss-reactive ketones (excluding diaryl/α,β-unsaturated/α-hetero) is 1. The highest BCUT2D eigenvalue weighted by Gasteiger charge is 2.71. The van der Waals surface area contributed by atoms with Crippen LogP contribution >= 0.6 is 0 Å². The van der Waals surface area contributed by atoms with Gasteiger partial charge in [-0.15, -0.1) is 0 Å². The highest BCUT2D eigenvalue weighted by molar-refractivity contribution is 5.96. The van der Waals surface area contributed by atoms with Crippen molar-refractivity contribution in [1.29, 1.82) is 0 Å². The first kappa shape index (κ1) is 39.4. The largest absolute Gasteiger partial charge is 0.462 e. The maximum Gasteiger partial charge on any atom is 0.302 e. The number of hydrogen-bond acceptors (Lipinski definition) is 6. The van der Waals surface area contributed by atoms with E-state index in [0.717, 1.165) is 23.1 Å². The maximum absolute atomic E-state index is 13.1. The number of carbonyl (C=O) groups excluding carboxylic acids is 2. The van der Waals surface area contributed by atoms with Gasteiger partial charge in [-0.3, -0.25) is 9.59 Å². The van der Waals surface area contributed by atoms with Crippen LogP contribution in [0.4, 0.5) is 0 Å². The number of rotatable bonds is 12. The Morgan fingerprint density at radius 1 is 0.854 bits per heavy atom. The second kappa shape index (κ2) is 15.2. The van der Waals surface area contributed by atoms with Crippen molar-refractivity contribution < 1.29 is 29.3 Å². The molecule has 0 amide bonds. The topological polar surface area (TPSA) is 96.4 Å². The highest BCUT2D eigenvalue weighted by atomic mass is 16.6. The van der Waals surface area contributed by atoms with Crippen molar-refractivity contribution in [2.45, 2.75) is 137 Å². The van der Waals surface area contributed by atoms with Crippen LogP contribution in [0.2, 0.25) is 0 Å². The van der Waals surface area contributed by atoms with Crippen LogP contribution in [0.25, 0.3) is 0 Å². The van der Waals surface area contributed by atoms with E-state index in [2.05, 4.69) is 66.7 Å². The zero-order chi connectivity index (χ0) is 36.1. The van der Waals surface area contributed by atoms with Crippen LogP contribution in [0, 0.1) is 17.8 Å². The van der Waals surface area contributed by atoms with Crippen molar-refractivity contribution in [1.82, 2.24) is 0 Å². The van der Waals surface area contributed by atoms with Gasteiger partial charge in [0.15, 0.2) is 5.78 Å². The summed E-state index contributed by atoms with van der Waals surface area (Å²) in [6.07, 6.45) is 24.6. The van der Waals surface area contributed by atoms with Gasteiger partial charge in [0.05, 0.1) is 17.3 Å². The Hall–Kier alpha value is -3.06. The van der Waals surface area contributed by atoms with E-state index in [-0.39, 0.29) is 35.1 Å². The van der Waals surface area contributed by atoms with Gasteiger partial charge in [0.1, 0.15) is 6.10 Å². The number of hydrogen-bond donors (Lipinski definition) is 2. The molecule has 3 rings (SSSR count).